The molecular weight excluding hydrogens is 388 g/mol. The lowest BCUT2D eigenvalue weighted by molar-refractivity contribution is -0.157. The van der Waals surface area contributed by atoms with E-state index in [1.54, 1.807) is 0 Å². The predicted molar refractivity (Wildman–Crippen MR) is 129 cm³/mol. The Morgan fingerprint density at radius 2 is 1.87 bits per heavy atom. The number of carbonyl (C=O) groups is 1. The van der Waals surface area contributed by atoms with Crippen LogP contribution in [0.25, 0.3) is 0 Å². The van der Waals surface area contributed by atoms with Crippen LogP contribution in [-0.2, 0) is 14.0 Å². The van der Waals surface area contributed by atoms with Gasteiger partial charge in [0.15, 0.2) is 0 Å². The molecule has 0 aromatic carbocycles. The van der Waals surface area contributed by atoms with Crippen LogP contribution in [0.3, 0.4) is 0 Å². The van der Waals surface area contributed by atoms with Crippen LogP contribution in [0.4, 0.5) is 0 Å². The third-order valence-corrected chi connectivity index (χ3v) is 12.3. The van der Waals surface area contributed by atoms with Crippen LogP contribution >= 0.6 is 0 Å². The Morgan fingerprint density at radius 3 is 2.37 bits per heavy atom. The topological polar surface area (TPSA) is 35.5 Å². The molecule has 0 amide bonds. The van der Waals surface area contributed by atoms with Crippen molar-refractivity contribution in [2.75, 3.05) is 0 Å². The second kappa shape index (κ2) is 10.2. The average Bonchev–Trinajstić information content (AvgIpc) is 2.97. The zero-order chi connectivity index (χ0) is 22.5. The van der Waals surface area contributed by atoms with Crippen molar-refractivity contribution in [3.05, 3.63) is 48.8 Å². The van der Waals surface area contributed by atoms with Gasteiger partial charge in [0, 0.05) is 18.8 Å². The maximum Gasteiger partial charge on any atom is 0.302 e. The van der Waals surface area contributed by atoms with E-state index in [0.717, 1.165) is 43.2 Å². The van der Waals surface area contributed by atoms with Gasteiger partial charge in [-0.2, -0.15) is 0 Å². The number of esters is 1. The molecule has 3 nitrogen and oxygen atoms in total. The Labute approximate surface area is 185 Å². The van der Waals surface area contributed by atoms with Crippen LogP contribution < -0.4 is 0 Å². The highest BCUT2D eigenvalue weighted by Gasteiger charge is 2.55. The molecule has 2 saturated carbocycles. The molecule has 0 aromatic rings. The lowest BCUT2D eigenvalue weighted by atomic mass is 9.61. The van der Waals surface area contributed by atoms with E-state index < -0.39 is 8.32 Å². The summed E-state index contributed by atoms with van der Waals surface area (Å²) >= 11 is 0. The molecule has 168 valence electrons. The van der Waals surface area contributed by atoms with Gasteiger partial charge in [0.05, 0.1) is 5.76 Å². The number of rotatable bonds is 11. The minimum atomic E-state index is -1.78. The molecule has 0 heterocycles. The van der Waals surface area contributed by atoms with Gasteiger partial charge in [0.2, 0.25) is 8.32 Å². The maximum atomic E-state index is 12.1. The quantitative estimate of drug-likeness (QED) is 0.113. The number of fused-ring (bicyclic) bond motifs is 2. The summed E-state index contributed by atoms with van der Waals surface area (Å²) < 4.78 is 12.6. The Bertz CT molecular complexity index is 695. The van der Waals surface area contributed by atoms with Gasteiger partial charge in [-0.3, -0.25) is 4.79 Å². The average molecular weight is 431 g/mol. The van der Waals surface area contributed by atoms with Crippen molar-refractivity contribution in [3.63, 3.8) is 0 Å². The second-order valence-corrected chi connectivity index (χ2v) is 14.1. The van der Waals surface area contributed by atoms with E-state index in [-0.39, 0.29) is 17.5 Å². The molecule has 0 spiro atoms. The zero-order valence-corrected chi connectivity index (χ0v) is 20.9. The fourth-order valence-corrected chi connectivity index (χ4v) is 8.48. The van der Waals surface area contributed by atoms with Gasteiger partial charge in [-0.05, 0) is 74.7 Å². The molecule has 0 saturated heterocycles. The largest absolute Gasteiger partial charge is 0.544 e. The molecule has 2 bridgehead atoms. The first-order chi connectivity index (χ1) is 14.2. The van der Waals surface area contributed by atoms with Gasteiger partial charge >= 0.3 is 5.97 Å². The molecule has 0 N–H and O–H groups in total. The molecule has 1 unspecified atom stereocenters. The van der Waals surface area contributed by atoms with E-state index in [0.29, 0.717) is 18.3 Å². The van der Waals surface area contributed by atoms with Crippen molar-refractivity contribution in [1.82, 2.24) is 0 Å². The van der Waals surface area contributed by atoms with Gasteiger partial charge in [-0.25, -0.2) is 0 Å². The van der Waals surface area contributed by atoms with Crippen molar-refractivity contribution < 1.29 is 14.0 Å². The number of hydrogen-bond donors (Lipinski definition) is 0. The Balaban J connectivity index is 2.36. The van der Waals surface area contributed by atoms with Crippen LogP contribution in [0.1, 0.15) is 66.7 Å². The highest BCUT2D eigenvalue weighted by atomic mass is 28.4. The van der Waals surface area contributed by atoms with Gasteiger partial charge in [-0.15, -0.1) is 0 Å². The summed E-state index contributed by atoms with van der Waals surface area (Å²) in [6.45, 7) is 23.0. The molecule has 0 aromatic heterocycles. The molecule has 4 heteroatoms. The lowest BCUT2D eigenvalue weighted by Crippen LogP contribution is -2.44. The molecule has 4 atom stereocenters. The lowest BCUT2D eigenvalue weighted by Gasteiger charge is -2.46. The van der Waals surface area contributed by atoms with E-state index in [1.807, 2.05) is 6.08 Å². The first-order valence-corrected chi connectivity index (χ1v) is 14.2. The molecule has 2 aliphatic rings. The van der Waals surface area contributed by atoms with Crippen molar-refractivity contribution in [2.45, 2.75) is 91.0 Å². The first kappa shape index (κ1) is 24.7. The van der Waals surface area contributed by atoms with E-state index in [9.17, 15) is 4.79 Å². The molecule has 0 radical (unpaired) electrons. The number of allylic oxidation sites excluding steroid dienone is 3. The molecule has 30 heavy (non-hydrogen) atoms. The Morgan fingerprint density at radius 1 is 1.23 bits per heavy atom. The molecule has 2 fully saturated rings. The third kappa shape index (κ3) is 5.01. The van der Waals surface area contributed by atoms with E-state index >= 15 is 0 Å². The van der Waals surface area contributed by atoms with Crippen molar-refractivity contribution in [1.29, 1.82) is 0 Å². The van der Waals surface area contributed by atoms with Crippen LogP contribution in [0.5, 0.6) is 0 Å². The summed E-state index contributed by atoms with van der Waals surface area (Å²) in [7, 11) is -1.78. The third-order valence-electron chi connectivity index (χ3n) is 7.80. The number of carbonyl (C=O) groups excluding carboxylic acids is 1. The van der Waals surface area contributed by atoms with Crippen molar-refractivity contribution >= 4 is 14.3 Å². The molecule has 2 rings (SSSR count). The summed E-state index contributed by atoms with van der Waals surface area (Å²) in [4.78, 5) is 12.1. The smallest absolute Gasteiger partial charge is 0.302 e. The Kier molecular flexibility index (Phi) is 8.38. The molecular formula is C26H42O3Si. The van der Waals surface area contributed by atoms with Crippen molar-refractivity contribution in [3.8, 4) is 0 Å². The van der Waals surface area contributed by atoms with Gasteiger partial charge in [0.25, 0.3) is 0 Å². The maximum absolute atomic E-state index is 12.1. The standard InChI is InChI=1S/C26H42O3Si/c1-9-23(29-30(10-2,11-3)12-4)14-16-25(28-21(8)27)26-17-20(7)22(18-26)13-15-24(26)19(5)6/h9,14,22,24-25H,1,5,7,10-13,15-18H2,2-4,6,8H3/b23-14+/t22-,24+,25?,26+/m1/s1. The minimum Gasteiger partial charge on any atom is -0.544 e. The summed E-state index contributed by atoms with van der Waals surface area (Å²) in [6.07, 6.45) is 8.60. The van der Waals surface area contributed by atoms with Crippen LogP contribution in [0, 0.1) is 17.3 Å². The highest BCUT2D eigenvalue weighted by molar-refractivity contribution is 6.73. The zero-order valence-electron chi connectivity index (χ0n) is 19.9. The monoisotopic (exact) mass is 430 g/mol. The Hall–Kier alpha value is -1.55. The van der Waals surface area contributed by atoms with Crippen LogP contribution in [0.2, 0.25) is 18.1 Å². The summed E-state index contributed by atoms with van der Waals surface area (Å²) in [6, 6.07) is 3.26. The molecule has 0 aliphatic heterocycles. The normalized spacial score (nSPS) is 27.5. The first-order valence-electron chi connectivity index (χ1n) is 11.7. The van der Waals surface area contributed by atoms with Gasteiger partial charge < -0.3 is 9.16 Å². The van der Waals surface area contributed by atoms with Crippen LogP contribution in [0.15, 0.2) is 48.8 Å². The summed E-state index contributed by atoms with van der Waals surface area (Å²) in [5.74, 6) is 1.52. The predicted octanol–water partition coefficient (Wildman–Crippen LogP) is 7.34. The van der Waals surface area contributed by atoms with Crippen LogP contribution in [-0.4, -0.2) is 20.4 Å². The van der Waals surface area contributed by atoms with Gasteiger partial charge in [0.1, 0.15) is 6.10 Å². The summed E-state index contributed by atoms with van der Waals surface area (Å²) in [5, 5.41) is 0. The van der Waals surface area contributed by atoms with Gasteiger partial charge in [-0.1, -0.05) is 51.7 Å². The molecule has 2 aliphatic carbocycles. The number of hydrogen-bond acceptors (Lipinski definition) is 3. The van der Waals surface area contributed by atoms with Crippen molar-refractivity contribution in [2.24, 2.45) is 17.3 Å². The highest BCUT2D eigenvalue weighted by Crippen LogP contribution is 2.61. The summed E-state index contributed by atoms with van der Waals surface area (Å²) in [5.41, 5.74) is 2.41. The second-order valence-electron chi connectivity index (χ2n) is 9.44. The van der Waals surface area contributed by atoms with E-state index in [4.69, 9.17) is 9.16 Å². The fourth-order valence-electron chi connectivity index (χ4n) is 5.88. The van der Waals surface area contributed by atoms with E-state index in [2.05, 4.69) is 53.5 Å². The SMILES string of the molecule is C=C/C(=C\CC(OC(C)=O)[C@]12CC(=C)[C@H](CC[C@H]1C(=C)C)C2)O[Si](CC)(CC)CC. The fraction of sp³-hybridized carbons (Fsp3) is 0.654. The minimum absolute atomic E-state index is 0.102. The van der Waals surface area contributed by atoms with E-state index in [1.165, 1.54) is 24.5 Å². The number of ether oxygens (including phenoxy) is 1.